The lowest BCUT2D eigenvalue weighted by molar-refractivity contribution is -0.117. The van der Waals surface area contributed by atoms with E-state index in [9.17, 15) is 4.79 Å². The molecule has 5 nitrogen and oxygen atoms in total. The van der Waals surface area contributed by atoms with Gasteiger partial charge in [0.15, 0.2) is 0 Å². The molecule has 0 aromatic carbocycles. The Morgan fingerprint density at radius 3 is 3.14 bits per heavy atom. The van der Waals surface area contributed by atoms with Gasteiger partial charge in [0.25, 0.3) is 0 Å². The fraction of sp³-hybridized carbons (Fsp3) is 0.556. The fourth-order valence-corrected chi connectivity index (χ4v) is 1.06. The Morgan fingerprint density at radius 2 is 2.57 bits per heavy atom. The average molecular weight is 197 g/mol. The lowest BCUT2D eigenvalue weighted by Gasteiger charge is -2.09. The van der Waals surface area contributed by atoms with Gasteiger partial charge in [0.05, 0.1) is 12.2 Å². The van der Waals surface area contributed by atoms with Gasteiger partial charge in [-0.2, -0.15) is 0 Å². The first-order chi connectivity index (χ1) is 6.74. The molecule has 1 atom stereocenters. The minimum absolute atomic E-state index is 0.193. The molecular formula is C9H15N3O2. The molecule has 0 bridgehead atoms. The van der Waals surface area contributed by atoms with Crippen LogP contribution in [0.3, 0.4) is 0 Å². The quantitative estimate of drug-likeness (QED) is 0.741. The van der Waals surface area contributed by atoms with Crippen LogP contribution in [0, 0.1) is 0 Å². The summed E-state index contributed by atoms with van der Waals surface area (Å²) >= 11 is 0. The third-order valence-corrected chi connectivity index (χ3v) is 1.91. The second-order valence-electron chi connectivity index (χ2n) is 3.15. The van der Waals surface area contributed by atoms with E-state index in [1.165, 1.54) is 12.5 Å². The average Bonchev–Trinajstić information content (AvgIpc) is 2.66. The molecular weight excluding hydrogens is 182 g/mol. The van der Waals surface area contributed by atoms with Crippen molar-refractivity contribution in [3.05, 3.63) is 12.5 Å². The number of aromatic nitrogens is 1. The summed E-state index contributed by atoms with van der Waals surface area (Å²) in [5.74, 6) is -0.193. The summed E-state index contributed by atoms with van der Waals surface area (Å²) in [4.78, 5) is 11.4. The van der Waals surface area contributed by atoms with Crippen molar-refractivity contribution in [2.24, 2.45) is 5.73 Å². The molecule has 0 saturated carbocycles. The van der Waals surface area contributed by atoms with Gasteiger partial charge in [-0.15, -0.1) is 0 Å². The van der Waals surface area contributed by atoms with Gasteiger partial charge in [-0.1, -0.05) is 24.9 Å². The van der Waals surface area contributed by atoms with Crippen molar-refractivity contribution in [1.29, 1.82) is 0 Å². The normalized spacial score (nSPS) is 12.4. The predicted molar refractivity (Wildman–Crippen MR) is 52.6 cm³/mol. The van der Waals surface area contributed by atoms with E-state index in [0.717, 1.165) is 12.8 Å². The Kier molecular flexibility index (Phi) is 4.12. The number of hydrogen-bond acceptors (Lipinski definition) is 4. The summed E-state index contributed by atoms with van der Waals surface area (Å²) in [7, 11) is 0. The molecule has 0 saturated heterocycles. The van der Waals surface area contributed by atoms with Gasteiger partial charge in [0.1, 0.15) is 12.0 Å². The number of rotatable bonds is 5. The minimum Gasteiger partial charge on any atom is -0.363 e. The molecule has 78 valence electrons. The molecule has 0 spiro atoms. The van der Waals surface area contributed by atoms with Crippen LogP contribution in [0.25, 0.3) is 0 Å². The van der Waals surface area contributed by atoms with Gasteiger partial charge < -0.3 is 15.6 Å². The van der Waals surface area contributed by atoms with Crippen molar-refractivity contribution in [3.8, 4) is 0 Å². The monoisotopic (exact) mass is 197 g/mol. The molecule has 0 aliphatic heterocycles. The van der Waals surface area contributed by atoms with Crippen molar-refractivity contribution in [2.45, 2.75) is 32.2 Å². The third kappa shape index (κ3) is 3.18. The van der Waals surface area contributed by atoms with Crippen molar-refractivity contribution in [2.75, 3.05) is 5.32 Å². The first kappa shape index (κ1) is 10.7. The largest absolute Gasteiger partial charge is 0.363 e. The molecule has 0 fully saturated rings. The topological polar surface area (TPSA) is 81.2 Å². The number of nitrogens with zero attached hydrogens (tertiary/aromatic N) is 1. The van der Waals surface area contributed by atoms with E-state index < -0.39 is 6.04 Å². The zero-order valence-corrected chi connectivity index (χ0v) is 8.19. The molecule has 1 aromatic rings. The Bertz CT molecular complexity index is 272. The second-order valence-corrected chi connectivity index (χ2v) is 3.15. The zero-order chi connectivity index (χ0) is 10.4. The third-order valence-electron chi connectivity index (χ3n) is 1.91. The highest BCUT2D eigenvalue weighted by Crippen LogP contribution is 2.05. The van der Waals surface area contributed by atoms with Gasteiger partial charge >= 0.3 is 0 Å². The van der Waals surface area contributed by atoms with Crippen LogP contribution in [0.5, 0.6) is 0 Å². The maximum Gasteiger partial charge on any atom is 0.241 e. The highest BCUT2D eigenvalue weighted by Gasteiger charge is 2.13. The zero-order valence-electron chi connectivity index (χ0n) is 8.19. The van der Waals surface area contributed by atoms with E-state index in [-0.39, 0.29) is 5.91 Å². The standard InChI is InChI=1S/C9H15N3O2/c1-2-3-4-8(10)9(13)12-7-5-11-14-6-7/h5-6,8H,2-4,10H2,1H3,(H,12,13)/t8-/m0/s1. The van der Waals surface area contributed by atoms with Crippen LogP contribution in [0.1, 0.15) is 26.2 Å². The fourth-order valence-electron chi connectivity index (χ4n) is 1.06. The molecule has 0 aliphatic carbocycles. The number of nitrogens with one attached hydrogen (secondary N) is 1. The van der Waals surface area contributed by atoms with Gasteiger partial charge in [0.2, 0.25) is 5.91 Å². The van der Waals surface area contributed by atoms with Gasteiger partial charge in [-0.05, 0) is 6.42 Å². The molecule has 0 aliphatic rings. The molecule has 1 rings (SSSR count). The minimum atomic E-state index is -0.454. The van der Waals surface area contributed by atoms with Crippen LogP contribution < -0.4 is 11.1 Å². The highest BCUT2D eigenvalue weighted by molar-refractivity contribution is 5.94. The number of carbonyl (C=O) groups is 1. The SMILES string of the molecule is CCCC[C@H](N)C(=O)Nc1cnoc1. The summed E-state index contributed by atoms with van der Waals surface area (Å²) < 4.78 is 4.57. The molecule has 5 heteroatoms. The number of amides is 1. The number of unbranched alkanes of at least 4 members (excludes halogenated alkanes) is 1. The van der Waals surface area contributed by atoms with Crippen LogP contribution in [0.4, 0.5) is 5.69 Å². The van der Waals surface area contributed by atoms with E-state index in [0.29, 0.717) is 12.1 Å². The van der Waals surface area contributed by atoms with Crippen molar-refractivity contribution in [3.63, 3.8) is 0 Å². The number of anilines is 1. The summed E-state index contributed by atoms with van der Waals surface area (Å²) in [5, 5.41) is 6.08. The van der Waals surface area contributed by atoms with Crippen LogP contribution in [0.2, 0.25) is 0 Å². The summed E-state index contributed by atoms with van der Waals surface area (Å²) in [6.45, 7) is 2.06. The Morgan fingerprint density at radius 1 is 1.79 bits per heavy atom. The van der Waals surface area contributed by atoms with Crippen LogP contribution in [-0.2, 0) is 4.79 Å². The molecule has 1 aromatic heterocycles. The van der Waals surface area contributed by atoms with E-state index >= 15 is 0 Å². The van der Waals surface area contributed by atoms with Gasteiger partial charge in [0, 0.05) is 0 Å². The molecule has 0 unspecified atom stereocenters. The number of hydrogen-bond donors (Lipinski definition) is 2. The molecule has 0 radical (unpaired) electrons. The maximum atomic E-state index is 11.4. The lowest BCUT2D eigenvalue weighted by atomic mass is 10.1. The first-order valence-corrected chi connectivity index (χ1v) is 4.70. The molecule has 1 amide bonds. The van der Waals surface area contributed by atoms with E-state index in [4.69, 9.17) is 5.73 Å². The van der Waals surface area contributed by atoms with E-state index in [2.05, 4.69) is 21.9 Å². The summed E-state index contributed by atoms with van der Waals surface area (Å²) in [6.07, 6.45) is 5.50. The van der Waals surface area contributed by atoms with E-state index in [1.807, 2.05) is 0 Å². The van der Waals surface area contributed by atoms with Crippen molar-refractivity contribution in [1.82, 2.24) is 5.16 Å². The molecule has 14 heavy (non-hydrogen) atoms. The highest BCUT2D eigenvalue weighted by atomic mass is 16.5. The molecule has 3 N–H and O–H groups in total. The second kappa shape index (κ2) is 5.39. The van der Waals surface area contributed by atoms with Crippen LogP contribution in [0.15, 0.2) is 17.0 Å². The Balaban J connectivity index is 2.34. The van der Waals surface area contributed by atoms with Gasteiger partial charge in [-0.3, -0.25) is 4.79 Å². The maximum absolute atomic E-state index is 11.4. The first-order valence-electron chi connectivity index (χ1n) is 4.70. The van der Waals surface area contributed by atoms with Crippen LogP contribution in [-0.4, -0.2) is 17.1 Å². The van der Waals surface area contributed by atoms with Crippen molar-refractivity contribution < 1.29 is 9.32 Å². The summed E-state index contributed by atoms with van der Waals surface area (Å²) in [6, 6.07) is -0.454. The Labute approximate surface area is 82.6 Å². The van der Waals surface area contributed by atoms with Crippen molar-refractivity contribution >= 4 is 11.6 Å². The Hall–Kier alpha value is -1.36. The molecule has 1 heterocycles. The number of nitrogens with two attached hydrogens (primary N) is 1. The smallest absolute Gasteiger partial charge is 0.241 e. The van der Waals surface area contributed by atoms with Crippen LogP contribution >= 0.6 is 0 Å². The van der Waals surface area contributed by atoms with Gasteiger partial charge in [-0.25, -0.2) is 0 Å². The lowest BCUT2D eigenvalue weighted by Crippen LogP contribution is -2.35. The predicted octanol–water partition coefficient (Wildman–Crippen LogP) is 1.13. The van der Waals surface area contributed by atoms with E-state index in [1.54, 1.807) is 0 Å². The summed E-state index contributed by atoms with van der Waals surface area (Å²) in [5.41, 5.74) is 6.20. The number of carbonyl (C=O) groups excluding carboxylic acids is 1.